The topological polar surface area (TPSA) is 74.6 Å². The molecule has 2 aliphatic rings. The summed E-state index contributed by atoms with van der Waals surface area (Å²) in [7, 11) is 1.99. The molecule has 2 N–H and O–H groups in total. The van der Waals surface area contributed by atoms with Crippen LogP contribution in [-0.2, 0) is 17.8 Å². The Morgan fingerprint density at radius 1 is 1.23 bits per heavy atom. The van der Waals surface area contributed by atoms with E-state index >= 15 is 0 Å². The SMILES string of the molecule is C/C=C/c1ccc2n(c1=O)C[C@H]1[C@H](CO)[C@@H](C(=O)NCCc3ccccc3)[C@@H]2N1C. The summed E-state index contributed by atoms with van der Waals surface area (Å²) >= 11 is 0. The van der Waals surface area contributed by atoms with E-state index in [-0.39, 0.29) is 42.0 Å². The number of carbonyl (C=O) groups excluding carboxylic acids is 1. The van der Waals surface area contributed by atoms with Gasteiger partial charge in [-0.15, -0.1) is 0 Å². The number of aliphatic hydroxyl groups excluding tert-OH is 1. The van der Waals surface area contributed by atoms with Gasteiger partial charge in [0.15, 0.2) is 0 Å². The Labute approximate surface area is 176 Å². The van der Waals surface area contributed by atoms with Crippen LogP contribution in [0.2, 0.25) is 0 Å². The van der Waals surface area contributed by atoms with E-state index < -0.39 is 0 Å². The number of carbonyl (C=O) groups is 1. The molecule has 0 spiro atoms. The summed E-state index contributed by atoms with van der Waals surface area (Å²) in [6.07, 6.45) is 4.43. The number of pyridine rings is 1. The molecule has 4 atom stereocenters. The van der Waals surface area contributed by atoms with Gasteiger partial charge in [0.25, 0.3) is 5.56 Å². The van der Waals surface area contributed by atoms with Crippen LogP contribution in [0.3, 0.4) is 0 Å². The van der Waals surface area contributed by atoms with Gasteiger partial charge in [-0.1, -0.05) is 42.5 Å². The molecule has 1 saturated heterocycles. The van der Waals surface area contributed by atoms with Crippen molar-refractivity contribution in [1.82, 2.24) is 14.8 Å². The first-order valence-electron chi connectivity index (χ1n) is 10.6. The van der Waals surface area contributed by atoms with Gasteiger partial charge in [0.2, 0.25) is 5.91 Å². The van der Waals surface area contributed by atoms with E-state index in [1.165, 1.54) is 5.56 Å². The molecular weight excluding hydrogens is 378 g/mol. The van der Waals surface area contributed by atoms with Crippen molar-refractivity contribution in [2.75, 3.05) is 20.2 Å². The van der Waals surface area contributed by atoms with Gasteiger partial charge in [0.1, 0.15) is 0 Å². The lowest BCUT2D eigenvalue weighted by atomic mass is 9.86. The first-order chi connectivity index (χ1) is 14.6. The lowest BCUT2D eigenvalue weighted by molar-refractivity contribution is -0.127. The van der Waals surface area contributed by atoms with Crippen LogP contribution in [0.5, 0.6) is 0 Å². The summed E-state index contributed by atoms with van der Waals surface area (Å²) in [6.45, 7) is 2.85. The Kier molecular flexibility index (Phi) is 5.88. The normalized spacial score (nSPS) is 25.4. The molecule has 6 nitrogen and oxygen atoms in total. The van der Waals surface area contributed by atoms with Crippen molar-refractivity contribution in [3.63, 3.8) is 0 Å². The van der Waals surface area contributed by atoms with Crippen molar-refractivity contribution < 1.29 is 9.90 Å². The third-order valence-electron chi connectivity index (χ3n) is 6.58. The van der Waals surface area contributed by atoms with Gasteiger partial charge < -0.3 is 15.0 Å². The maximum atomic E-state index is 13.2. The van der Waals surface area contributed by atoms with Crippen molar-refractivity contribution in [2.45, 2.75) is 32.0 Å². The number of benzene rings is 1. The summed E-state index contributed by atoms with van der Waals surface area (Å²) in [6, 6.07) is 13.6. The number of fused-ring (bicyclic) bond motifs is 4. The molecule has 158 valence electrons. The van der Waals surface area contributed by atoms with Crippen molar-refractivity contribution in [1.29, 1.82) is 0 Å². The lowest BCUT2D eigenvalue weighted by Crippen LogP contribution is -2.44. The summed E-state index contributed by atoms with van der Waals surface area (Å²) in [4.78, 5) is 28.3. The first-order valence-corrected chi connectivity index (χ1v) is 10.6. The number of rotatable bonds is 6. The maximum Gasteiger partial charge on any atom is 0.258 e. The number of allylic oxidation sites excluding steroid dienone is 1. The summed E-state index contributed by atoms with van der Waals surface area (Å²) in [5.74, 6) is -0.648. The highest BCUT2D eigenvalue weighted by atomic mass is 16.3. The summed E-state index contributed by atoms with van der Waals surface area (Å²) in [5.41, 5.74) is 2.64. The quantitative estimate of drug-likeness (QED) is 0.766. The van der Waals surface area contributed by atoms with Gasteiger partial charge in [-0.05, 0) is 38.1 Å². The average molecular weight is 408 g/mol. The Morgan fingerprint density at radius 3 is 2.70 bits per heavy atom. The second-order valence-corrected chi connectivity index (χ2v) is 8.21. The van der Waals surface area contributed by atoms with E-state index in [1.807, 2.05) is 68.6 Å². The number of hydrogen-bond donors (Lipinski definition) is 2. The second kappa shape index (κ2) is 8.58. The number of nitrogens with one attached hydrogen (secondary N) is 1. The van der Waals surface area contributed by atoms with E-state index in [1.54, 1.807) is 4.57 Å². The summed E-state index contributed by atoms with van der Waals surface area (Å²) < 4.78 is 1.80. The second-order valence-electron chi connectivity index (χ2n) is 8.21. The van der Waals surface area contributed by atoms with Gasteiger partial charge in [-0.25, -0.2) is 0 Å². The predicted octanol–water partition coefficient (Wildman–Crippen LogP) is 1.83. The largest absolute Gasteiger partial charge is 0.396 e. The number of hydrogen-bond acceptors (Lipinski definition) is 4. The molecule has 3 heterocycles. The first kappa shape index (κ1) is 20.6. The molecule has 2 bridgehead atoms. The van der Waals surface area contributed by atoms with E-state index in [2.05, 4.69) is 10.2 Å². The van der Waals surface area contributed by atoms with Crippen LogP contribution < -0.4 is 10.9 Å². The van der Waals surface area contributed by atoms with Gasteiger partial charge in [0, 0.05) is 42.9 Å². The fourth-order valence-electron chi connectivity index (χ4n) is 5.11. The molecule has 1 aromatic carbocycles. The van der Waals surface area contributed by atoms with Crippen LogP contribution in [0.4, 0.5) is 0 Å². The molecule has 2 aromatic rings. The van der Waals surface area contributed by atoms with Crippen LogP contribution >= 0.6 is 0 Å². The van der Waals surface area contributed by atoms with Crippen LogP contribution in [0.25, 0.3) is 6.08 Å². The van der Waals surface area contributed by atoms with Gasteiger partial charge in [0.05, 0.1) is 12.0 Å². The minimum absolute atomic E-state index is 0.0319. The Balaban J connectivity index is 1.59. The maximum absolute atomic E-state index is 13.2. The van der Waals surface area contributed by atoms with Crippen molar-refractivity contribution in [3.05, 3.63) is 75.7 Å². The molecule has 6 heteroatoms. The van der Waals surface area contributed by atoms with Gasteiger partial charge in [-0.2, -0.15) is 0 Å². The van der Waals surface area contributed by atoms with Crippen LogP contribution in [0.15, 0.2) is 53.3 Å². The average Bonchev–Trinajstić information content (AvgIpc) is 2.93. The zero-order valence-corrected chi connectivity index (χ0v) is 17.5. The highest BCUT2D eigenvalue weighted by Gasteiger charge is 2.54. The monoisotopic (exact) mass is 407 g/mol. The standard InChI is InChI=1S/C24H29N3O3/c1-3-7-17-10-11-19-22-21(23(29)25-13-12-16-8-5-4-6-9-16)18(15-28)20(26(22)2)14-27(19)24(17)30/h3-11,18,20-22,28H,12-15H2,1-2H3,(H,25,29)/b7-3+/t18-,20-,21+,22+/m0/s1. The molecule has 1 amide bonds. The van der Waals surface area contributed by atoms with E-state index in [9.17, 15) is 14.7 Å². The number of nitrogens with zero attached hydrogens (tertiary/aromatic N) is 2. The molecule has 2 aliphatic heterocycles. The molecule has 0 saturated carbocycles. The fourth-order valence-corrected chi connectivity index (χ4v) is 5.11. The predicted molar refractivity (Wildman–Crippen MR) is 117 cm³/mol. The van der Waals surface area contributed by atoms with Crippen LogP contribution in [0.1, 0.15) is 29.8 Å². The van der Waals surface area contributed by atoms with Crippen molar-refractivity contribution in [3.8, 4) is 0 Å². The smallest absolute Gasteiger partial charge is 0.258 e. The van der Waals surface area contributed by atoms with Gasteiger partial charge >= 0.3 is 0 Å². The minimum atomic E-state index is -0.388. The number of aliphatic hydroxyl groups is 1. The molecule has 0 aliphatic carbocycles. The van der Waals surface area contributed by atoms with Gasteiger partial charge in [-0.3, -0.25) is 14.5 Å². The van der Waals surface area contributed by atoms with E-state index in [0.29, 0.717) is 18.7 Å². The minimum Gasteiger partial charge on any atom is -0.396 e. The third kappa shape index (κ3) is 3.50. The molecular formula is C24H29N3O3. The zero-order valence-electron chi connectivity index (χ0n) is 17.5. The molecule has 0 unspecified atom stereocenters. The van der Waals surface area contributed by atoms with E-state index in [4.69, 9.17) is 0 Å². The lowest BCUT2D eigenvalue weighted by Gasteiger charge is -2.35. The molecule has 0 radical (unpaired) electrons. The molecule has 1 aromatic heterocycles. The van der Waals surface area contributed by atoms with Crippen molar-refractivity contribution in [2.24, 2.45) is 11.8 Å². The van der Waals surface area contributed by atoms with Crippen molar-refractivity contribution >= 4 is 12.0 Å². The highest BCUT2D eigenvalue weighted by Crippen LogP contribution is 2.47. The summed E-state index contributed by atoms with van der Waals surface area (Å²) in [5, 5.41) is 13.2. The third-order valence-corrected chi connectivity index (χ3v) is 6.58. The Bertz CT molecular complexity index is 999. The van der Waals surface area contributed by atoms with E-state index in [0.717, 1.165) is 12.1 Å². The van der Waals surface area contributed by atoms with Crippen LogP contribution in [0, 0.1) is 11.8 Å². The van der Waals surface area contributed by atoms with Crippen LogP contribution in [-0.4, -0.2) is 46.7 Å². The Morgan fingerprint density at radius 2 is 2.00 bits per heavy atom. The molecule has 30 heavy (non-hydrogen) atoms. The fraction of sp³-hybridized carbons (Fsp3) is 0.417. The highest BCUT2D eigenvalue weighted by molar-refractivity contribution is 5.80. The number of aromatic nitrogens is 1. The molecule has 4 rings (SSSR count). The zero-order chi connectivity index (χ0) is 21.3. The number of likely N-dealkylation sites (N-methyl/N-ethyl adjacent to an activating group) is 1. The number of amides is 1. The Hall–Kier alpha value is -2.70. The molecule has 1 fully saturated rings.